The number of nitrogens with two attached hydrogens (primary N) is 1. The van der Waals surface area contributed by atoms with Gasteiger partial charge in [-0.05, 0) is 43.3 Å². The fourth-order valence-corrected chi connectivity index (χ4v) is 2.73. The van der Waals surface area contributed by atoms with Gasteiger partial charge in [0.15, 0.2) is 5.67 Å². The Kier molecular flexibility index (Phi) is 4.70. The first-order valence-electron chi connectivity index (χ1n) is 5.06. The number of aryl methyl sites for hydroxylation is 1. The third-order valence-corrected chi connectivity index (χ3v) is 3.61. The van der Waals surface area contributed by atoms with Crippen molar-refractivity contribution in [3.63, 3.8) is 0 Å². The van der Waals surface area contributed by atoms with Crippen molar-refractivity contribution in [3.8, 4) is 0 Å². The molecule has 1 rings (SSSR count). The van der Waals surface area contributed by atoms with Crippen LogP contribution in [0.5, 0.6) is 0 Å². The van der Waals surface area contributed by atoms with E-state index in [9.17, 15) is 4.39 Å². The Morgan fingerprint density at radius 1 is 1.60 bits per heavy atom. The second-order valence-corrected chi connectivity index (χ2v) is 4.64. The van der Waals surface area contributed by atoms with Crippen LogP contribution in [0.15, 0.2) is 11.4 Å². The molecule has 0 saturated heterocycles. The summed E-state index contributed by atoms with van der Waals surface area (Å²) < 4.78 is 19.6. The highest BCUT2D eigenvalue weighted by atomic mass is 32.1. The molecular weight excluding hydrogens is 213 g/mol. The molecule has 1 aromatic rings. The Morgan fingerprint density at radius 3 is 2.80 bits per heavy atom. The molecule has 1 heterocycles. The fourth-order valence-electron chi connectivity index (χ4n) is 1.69. The Balaban J connectivity index is 2.85. The fraction of sp³-hybridized carbons (Fsp3) is 0.636. The van der Waals surface area contributed by atoms with Crippen LogP contribution >= 0.6 is 11.3 Å². The van der Waals surface area contributed by atoms with E-state index in [2.05, 4.69) is 0 Å². The number of thiophene rings is 1. The van der Waals surface area contributed by atoms with Crippen LogP contribution in [0.3, 0.4) is 0 Å². The SMILES string of the molecule is COCC(F)(CCCN)c1sccc1C. The van der Waals surface area contributed by atoms with Gasteiger partial charge >= 0.3 is 0 Å². The normalized spacial score (nSPS) is 15.2. The molecule has 0 aromatic carbocycles. The number of hydrogen-bond acceptors (Lipinski definition) is 3. The number of rotatable bonds is 6. The highest BCUT2D eigenvalue weighted by Crippen LogP contribution is 2.37. The van der Waals surface area contributed by atoms with Gasteiger partial charge in [0.1, 0.15) is 0 Å². The molecule has 2 N–H and O–H groups in total. The predicted molar refractivity (Wildman–Crippen MR) is 62.0 cm³/mol. The molecule has 0 aliphatic rings. The number of methoxy groups -OCH3 is 1. The van der Waals surface area contributed by atoms with Crippen molar-refractivity contribution in [2.75, 3.05) is 20.3 Å². The third-order valence-electron chi connectivity index (χ3n) is 2.42. The summed E-state index contributed by atoms with van der Waals surface area (Å²) in [5, 5.41) is 1.91. The van der Waals surface area contributed by atoms with E-state index < -0.39 is 5.67 Å². The molecule has 0 fully saturated rings. The lowest BCUT2D eigenvalue weighted by Crippen LogP contribution is -2.27. The van der Waals surface area contributed by atoms with E-state index >= 15 is 0 Å². The van der Waals surface area contributed by atoms with Gasteiger partial charge < -0.3 is 10.5 Å². The molecule has 0 bridgehead atoms. The highest BCUT2D eigenvalue weighted by Gasteiger charge is 2.33. The zero-order chi connectivity index (χ0) is 11.3. The van der Waals surface area contributed by atoms with E-state index in [-0.39, 0.29) is 6.61 Å². The first-order valence-corrected chi connectivity index (χ1v) is 5.94. The average molecular weight is 231 g/mol. The molecule has 0 saturated carbocycles. The first kappa shape index (κ1) is 12.6. The monoisotopic (exact) mass is 231 g/mol. The van der Waals surface area contributed by atoms with E-state index in [1.54, 1.807) is 0 Å². The van der Waals surface area contributed by atoms with Gasteiger partial charge in [-0.25, -0.2) is 4.39 Å². The second-order valence-electron chi connectivity index (χ2n) is 3.72. The summed E-state index contributed by atoms with van der Waals surface area (Å²) >= 11 is 1.45. The molecule has 86 valence electrons. The van der Waals surface area contributed by atoms with Gasteiger partial charge in [-0.3, -0.25) is 0 Å². The standard InChI is InChI=1S/C11H18FNOS/c1-9-4-7-15-10(9)11(12,8-14-2)5-3-6-13/h4,7H,3,5-6,8,13H2,1-2H3. The molecule has 15 heavy (non-hydrogen) atoms. The van der Waals surface area contributed by atoms with E-state index in [0.717, 1.165) is 10.4 Å². The molecular formula is C11H18FNOS. The summed E-state index contributed by atoms with van der Waals surface area (Å²) in [5.74, 6) is 0. The van der Waals surface area contributed by atoms with Crippen LogP contribution in [0.25, 0.3) is 0 Å². The van der Waals surface area contributed by atoms with Gasteiger partial charge in [-0.2, -0.15) is 0 Å². The number of hydrogen-bond donors (Lipinski definition) is 1. The maximum Gasteiger partial charge on any atom is 0.168 e. The molecule has 2 nitrogen and oxygen atoms in total. The zero-order valence-electron chi connectivity index (χ0n) is 9.25. The van der Waals surface area contributed by atoms with Crippen molar-refractivity contribution in [2.24, 2.45) is 5.73 Å². The Labute approximate surface area is 94.2 Å². The molecule has 1 unspecified atom stereocenters. The zero-order valence-corrected chi connectivity index (χ0v) is 10.1. The largest absolute Gasteiger partial charge is 0.381 e. The van der Waals surface area contributed by atoms with Crippen molar-refractivity contribution in [2.45, 2.75) is 25.4 Å². The minimum Gasteiger partial charge on any atom is -0.381 e. The van der Waals surface area contributed by atoms with Crippen LogP contribution in [0.1, 0.15) is 23.3 Å². The first-order chi connectivity index (χ1) is 7.14. The molecule has 0 aliphatic carbocycles. The van der Waals surface area contributed by atoms with Crippen LogP contribution in [0.4, 0.5) is 4.39 Å². The lowest BCUT2D eigenvalue weighted by atomic mass is 9.96. The minimum absolute atomic E-state index is 0.106. The maximum absolute atomic E-state index is 14.6. The minimum atomic E-state index is -1.37. The van der Waals surface area contributed by atoms with Gasteiger partial charge in [0, 0.05) is 12.0 Å². The number of alkyl halides is 1. The molecule has 0 aliphatic heterocycles. The Morgan fingerprint density at radius 2 is 2.33 bits per heavy atom. The quantitative estimate of drug-likeness (QED) is 0.816. The van der Waals surface area contributed by atoms with Gasteiger partial charge in [0.25, 0.3) is 0 Å². The summed E-state index contributed by atoms with van der Waals surface area (Å²) in [6.07, 6.45) is 1.11. The summed E-state index contributed by atoms with van der Waals surface area (Å²) in [6, 6.07) is 1.94. The molecule has 0 spiro atoms. The molecule has 1 atom stereocenters. The lowest BCUT2D eigenvalue weighted by Gasteiger charge is -2.24. The third kappa shape index (κ3) is 3.00. The molecule has 0 radical (unpaired) electrons. The topological polar surface area (TPSA) is 35.2 Å². The van der Waals surface area contributed by atoms with Crippen LogP contribution in [0.2, 0.25) is 0 Å². The van der Waals surface area contributed by atoms with Crippen molar-refractivity contribution < 1.29 is 9.13 Å². The second kappa shape index (κ2) is 5.58. The summed E-state index contributed by atoms with van der Waals surface area (Å²) in [7, 11) is 1.53. The van der Waals surface area contributed by atoms with Gasteiger partial charge in [0.2, 0.25) is 0 Å². The molecule has 0 amide bonds. The van der Waals surface area contributed by atoms with E-state index in [0.29, 0.717) is 19.4 Å². The van der Waals surface area contributed by atoms with Crippen molar-refractivity contribution >= 4 is 11.3 Å². The Hall–Kier alpha value is -0.450. The van der Waals surface area contributed by atoms with Gasteiger partial charge in [-0.15, -0.1) is 11.3 Å². The Bertz CT molecular complexity index is 303. The van der Waals surface area contributed by atoms with Crippen molar-refractivity contribution in [1.29, 1.82) is 0 Å². The molecule has 1 aromatic heterocycles. The lowest BCUT2D eigenvalue weighted by molar-refractivity contribution is 0.0327. The highest BCUT2D eigenvalue weighted by molar-refractivity contribution is 7.10. The van der Waals surface area contributed by atoms with E-state index in [4.69, 9.17) is 10.5 Å². The van der Waals surface area contributed by atoms with Gasteiger partial charge in [-0.1, -0.05) is 0 Å². The summed E-state index contributed by atoms with van der Waals surface area (Å²) in [5.41, 5.74) is 5.05. The van der Waals surface area contributed by atoms with Gasteiger partial charge in [0.05, 0.1) is 6.61 Å². The van der Waals surface area contributed by atoms with Crippen LogP contribution in [-0.4, -0.2) is 20.3 Å². The summed E-state index contributed by atoms with van der Waals surface area (Å²) in [6.45, 7) is 2.55. The number of ether oxygens (including phenoxy) is 1. The van der Waals surface area contributed by atoms with Crippen molar-refractivity contribution in [3.05, 3.63) is 21.9 Å². The van der Waals surface area contributed by atoms with Crippen molar-refractivity contribution in [1.82, 2.24) is 0 Å². The van der Waals surface area contributed by atoms with Crippen LogP contribution in [0, 0.1) is 6.92 Å². The molecule has 4 heteroatoms. The van der Waals surface area contributed by atoms with Crippen LogP contribution in [-0.2, 0) is 10.4 Å². The van der Waals surface area contributed by atoms with Crippen LogP contribution < -0.4 is 5.73 Å². The van der Waals surface area contributed by atoms with E-state index in [1.165, 1.54) is 18.4 Å². The summed E-state index contributed by atoms with van der Waals surface area (Å²) in [4.78, 5) is 0.776. The predicted octanol–water partition coefficient (Wildman–Crippen LogP) is 2.61. The smallest absolute Gasteiger partial charge is 0.168 e. The number of halogens is 1. The average Bonchev–Trinajstić information content (AvgIpc) is 2.62. The maximum atomic E-state index is 14.6. The van der Waals surface area contributed by atoms with E-state index in [1.807, 2.05) is 18.4 Å².